The third-order valence-electron chi connectivity index (χ3n) is 4.57. The van der Waals surface area contributed by atoms with E-state index >= 15 is 0 Å². The van der Waals surface area contributed by atoms with Gasteiger partial charge < -0.3 is 9.64 Å². The van der Waals surface area contributed by atoms with Crippen molar-refractivity contribution in [3.8, 4) is 0 Å². The van der Waals surface area contributed by atoms with Crippen molar-refractivity contribution < 1.29 is 14.3 Å². The number of halogens is 1. The Kier molecular flexibility index (Phi) is 4.84. The van der Waals surface area contributed by atoms with Gasteiger partial charge in [0.25, 0.3) is 5.91 Å². The van der Waals surface area contributed by atoms with Crippen LogP contribution in [0.15, 0.2) is 22.9 Å². The summed E-state index contributed by atoms with van der Waals surface area (Å²) in [6, 6.07) is 2.12. The minimum atomic E-state index is -0.210. The lowest BCUT2D eigenvalue weighted by molar-refractivity contribution is 0.0635. The highest BCUT2D eigenvalue weighted by Crippen LogP contribution is 2.26. The van der Waals surface area contributed by atoms with Crippen molar-refractivity contribution in [2.75, 3.05) is 19.7 Å². The van der Waals surface area contributed by atoms with E-state index in [-0.39, 0.29) is 24.1 Å². The number of hydrogen-bond donors (Lipinski definition) is 0. The van der Waals surface area contributed by atoms with E-state index in [0.717, 1.165) is 23.7 Å². The van der Waals surface area contributed by atoms with Crippen molar-refractivity contribution in [3.63, 3.8) is 0 Å². The molecule has 0 aromatic carbocycles. The molecule has 0 N–H and O–H groups in total. The first-order valence-electron chi connectivity index (χ1n) is 7.95. The van der Waals surface area contributed by atoms with Crippen LogP contribution in [0.3, 0.4) is 0 Å². The second-order valence-electron chi connectivity index (χ2n) is 5.96. The summed E-state index contributed by atoms with van der Waals surface area (Å²) < 4.78 is 5.97. The number of carbonyl (C=O) groups is 2. The zero-order valence-electron chi connectivity index (χ0n) is 13.1. The van der Waals surface area contributed by atoms with E-state index in [0.29, 0.717) is 25.3 Å². The summed E-state index contributed by atoms with van der Waals surface area (Å²) >= 11 is 3.34. The fraction of sp³-hybridized carbons (Fsp3) is 0.562. The summed E-state index contributed by atoms with van der Waals surface area (Å²) in [6.45, 7) is 3.85. The first-order chi connectivity index (χ1) is 11.1. The van der Waals surface area contributed by atoms with Gasteiger partial charge in [-0.3, -0.25) is 14.7 Å². The fourth-order valence-corrected chi connectivity index (χ4v) is 3.66. The minimum absolute atomic E-state index is 0.00621. The van der Waals surface area contributed by atoms with Crippen LogP contribution in [0.25, 0.3) is 0 Å². The lowest BCUT2D eigenvalue weighted by atomic mass is 10.0. The molecule has 2 amide bonds. The Labute approximate surface area is 143 Å². The molecule has 1 aromatic heterocycles. The molecule has 3 heterocycles. The molecule has 2 aliphatic rings. The van der Waals surface area contributed by atoms with Gasteiger partial charge in [0.2, 0.25) is 0 Å². The summed E-state index contributed by atoms with van der Waals surface area (Å²) in [6.07, 6.45) is 5.52. The van der Waals surface area contributed by atoms with E-state index in [1.807, 2.05) is 9.80 Å². The molecule has 124 valence electrons. The van der Waals surface area contributed by atoms with Crippen molar-refractivity contribution in [2.45, 2.75) is 38.3 Å². The molecular weight excluding hydrogens is 362 g/mol. The third kappa shape index (κ3) is 3.34. The largest absolute Gasteiger partial charge is 0.447 e. The maximum Gasteiger partial charge on any atom is 0.410 e. The lowest BCUT2D eigenvalue weighted by Gasteiger charge is -2.37. The van der Waals surface area contributed by atoms with E-state index in [9.17, 15) is 9.59 Å². The Morgan fingerprint density at radius 1 is 1.39 bits per heavy atom. The van der Waals surface area contributed by atoms with Crippen LogP contribution in [0, 0.1) is 0 Å². The maximum atomic E-state index is 12.5. The van der Waals surface area contributed by atoms with Gasteiger partial charge in [-0.05, 0) is 41.3 Å². The molecule has 0 spiro atoms. The maximum absolute atomic E-state index is 12.5. The number of pyridine rings is 1. The number of cyclic esters (lactones) is 1. The number of piperidine rings is 1. The molecule has 1 unspecified atom stereocenters. The standard InChI is InChI=1S/C16H20BrN3O3/c1-2-13-10-23-16(22)20(13)14-3-5-19(6-4-14)15(21)11-7-12(17)9-18-8-11/h7-9,13-14H,2-6,10H2,1H3. The molecule has 2 fully saturated rings. The summed E-state index contributed by atoms with van der Waals surface area (Å²) in [5, 5.41) is 0. The monoisotopic (exact) mass is 381 g/mol. The second kappa shape index (κ2) is 6.86. The van der Waals surface area contributed by atoms with Crippen molar-refractivity contribution >= 4 is 27.9 Å². The van der Waals surface area contributed by atoms with Gasteiger partial charge in [0.15, 0.2) is 0 Å². The number of nitrogens with zero attached hydrogens (tertiary/aromatic N) is 3. The van der Waals surface area contributed by atoms with E-state index in [1.165, 1.54) is 0 Å². The van der Waals surface area contributed by atoms with Gasteiger partial charge in [-0.25, -0.2) is 4.79 Å². The number of aromatic nitrogens is 1. The van der Waals surface area contributed by atoms with Crippen molar-refractivity contribution in [1.29, 1.82) is 0 Å². The van der Waals surface area contributed by atoms with Crippen LogP contribution >= 0.6 is 15.9 Å². The number of hydrogen-bond acceptors (Lipinski definition) is 4. The summed E-state index contributed by atoms with van der Waals surface area (Å²) in [7, 11) is 0. The van der Waals surface area contributed by atoms with Crippen molar-refractivity contribution in [1.82, 2.24) is 14.8 Å². The zero-order chi connectivity index (χ0) is 16.4. The van der Waals surface area contributed by atoms with Crippen LogP contribution in [0.4, 0.5) is 4.79 Å². The van der Waals surface area contributed by atoms with Crippen LogP contribution < -0.4 is 0 Å². The van der Waals surface area contributed by atoms with E-state index in [4.69, 9.17) is 4.74 Å². The van der Waals surface area contributed by atoms with Crippen LogP contribution in [-0.4, -0.2) is 58.6 Å². The van der Waals surface area contributed by atoms with Gasteiger partial charge in [0.1, 0.15) is 6.61 Å². The Morgan fingerprint density at radius 3 is 2.78 bits per heavy atom. The zero-order valence-corrected chi connectivity index (χ0v) is 14.7. The number of rotatable bonds is 3. The van der Waals surface area contributed by atoms with E-state index < -0.39 is 0 Å². The van der Waals surface area contributed by atoms with Crippen LogP contribution in [0.1, 0.15) is 36.5 Å². The molecule has 0 bridgehead atoms. The fourth-order valence-electron chi connectivity index (χ4n) is 3.29. The van der Waals surface area contributed by atoms with Gasteiger partial charge in [0, 0.05) is 36.0 Å². The molecule has 0 aliphatic carbocycles. The summed E-state index contributed by atoms with van der Waals surface area (Å²) in [4.78, 5) is 32.2. The molecule has 7 heteroatoms. The minimum Gasteiger partial charge on any atom is -0.447 e. The van der Waals surface area contributed by atoms with E-state index in [1.54, 1.807) is 18.5 Å². The smallest absolute Gasteiger partial charge is 0.410 e. The predicted molar refractivity (Wildman–Crippen MR) is 88.1 cm³/mol. The molecule has 0 saturated carbocycles. The molecule has 2 aliphatic heterocycles. The molecule has 3 rings (SSSR count). The Hall–Kier alpha value is -1.63. The second-order valence-corrected chi connectivity index (χ2v) is 6.88. The summed E-state index contributed by atoms with van der Waals surface area (Å²) in [5.41, 5.74) is 0.588. The number of carbonyl (C=O) groups excluding carboxylic acids is 2. The highest BCUT2D eigenvalue weighted by molar-refractivity contribution is 9.10. The Morgan fingerprint density at radius 2 is 2.13 bits per heavy atom. The first kappa shape index (κ1) is 16.2. The normalized spacial score (nSPS) is 22.3. The molecule has 6 nitrogen and oxygen atoms in total. The molecule has 1 aromatic rings. The summed E-state index contributed by atoms with van der Waals surface area (Å²) in [5.74, 6) is -0.00621. The average molecular weight is 382 g/mol. The predicted octanol–water partition coefficient (Wildman–Crippen LogP) is 2.68. The van der Waals surface area contributed by atoms with Gasteiger partial charge in [-0.2, -0.15) is 0 Å². The highest BCUT2D eigenvalue weighted by atomic mass is 79.9. The highest BCUT2D eigenvalue weighted by Gasteiger charge is 2.38. The van der Waals surface area contributed by atoms with Crippen LogP contribution in [-0.2, 0) is 4.74 Å². The Balaban J connectivity index is 1.62. The molecule has 23 heavy (non-hydrogen) atoms. The first-order valence-corrected chi connectivity index (χ1v) is 8.74. The topological polar surface area (TPSA) is 62.7 Å². The van der Waals surface area contributed by atoms with Crippen molar-refractivity contribution in [3.05, 3.63) is 28.5 Å². The molecule has 1 atom stereocenters. The lowest BCUT2D eigenvalue weighted by Crippen LogP contribution is -2.49. The van der Waals surface area contributed by atoms with Crippen molar-refractivity contribution in [2.24, 2.45) is 0 Å². The van der Waals surface area contributed by atoms with Gasteiger partial charge in [0.05, 0.1) is 11.6 Å². The Bertz CT molecular complexity index is 602. The van der Waals surface area contributed by atoms with Gasteiger partial charge in [-0.15, -0.1) is 0 Å². The number of ether oxygens (including phenoxy) is 1. The number of amides is 2. The third-order valence-corrected chi connectivity index (χ3v) is 5.01. The molecular formula is C16H20BrN3O3. The van der Waals surface area contributed by atoms with Gasteiger partial charge in [-0.1, -0.05) is 6.92 Å². The van der Waals surface area contributed by atoms with Gasteiger partial charge >= 0.3 is 6.09 Å². The van der Waals surface area contributed by atoms with E-state index in [2.05, 4.69) is 27.8 Å². The molecule has 2 saturated heterocycles. The van der Waals surface area contributed by atoms with Crippen LogP contribution in [0.5, 0.6) is 0 Å². The number of likely N-dealkylation sites (tertiary alicyclic amines) is 1. The van der Waals surface area contributed by atoms with Crippen LogP contribution in [0.2, 0.25) is 0 Å². The molecule has 0 radical (unpaired) electrons. The SMILES string of the molecule is CCC1COC(=O)N1C1CCN(C(=O)c2cncc(Br)c2)CC1. The quantitative estimate of drug-likeness (QED) is 0.807. The average Bonchev–Trinajstić information content (AvgIpc) is 2.95.